The highest BCUT2D eigenvalue weighted by Gasteiger charge is 2.41. The molecule has 2 aromatic heterocycles. The Morgan fingerprint density at radius 2 is 1.96 bits per heavy atom. The second-order valence-corrected chi connectivity index (χ2v) is 7.08. The minimum atomic E-state index is -0.0141. The number of carbonyl (C=O) groups excluding carboxylic acids is 1. The number of hydrogen-bond acceptors (Lipinski definition) is 5. The normalized spacial score (nSPS) is 22.6. The number of aromatic nitrogens is 5. The summed E-state index contributed by atoms with van der Waals surface area (Å²) < 4.78 is 2.22. The van der Waals surface area contributed by atoms with Gasteiger partial charge in [0.25, 0.3) is 5.91 Å². The summed E-state index contributed by atoms with van der Waals surface area (Å²) in [5.41, 5.74) is 1.25. The molecule has 2 aliphatic rings. The third kappa shape index (κ3) is 2.39. The zero-order chi connectivity index (χ0) is 16.8. The lowest BCUT2D eigenvalue weighted by Gasteiger charge is -2.27. The van der Waals surface area contributed by atoms with Crippen molar-refractivity contribution in [3.05, 3.63) is 35.4 Å². The highest BCUT2D eigenvalue weighted by molar-refractivity contribution is 5.92. The Morgan fingerprint density at radius 3 is 2.67 bits per heavy atom. The zero-order valence-corrected chi connectivity index (χ0v) is 14.3. The van der Waals surface area contributed by atoms with Gasteiger partial charge in [0.2, 0.25) is 0 Å². The fraction of sp³-hybridized carbons (Fsp3) is 0.588. The molecule has 0 spiro atoms. The van der Waals surface area contributed by atoms with Gasteiger partial charge in [0, 0.05) is 31.1 Å². The van der Waals surface area contributed by atoms with Crippen LogP contribution in [0.3, 0.4) is 0 Å². The van der Waals surface area contributed by atoms with E-state index in [1.807, 2.05) is 11.8 Å². The fourth-order valence-electron chi connectivity index (χ4n) is 3.86. The molecule has 2 aromatic rings. The Kier molecular flexibility index (Phi) is 3.58. The van der Waals surface area contributed by atoms with Gasteiger partial charge in [-0.25, -0.2) is 4.98 Å². The molecular formula is C17H22N6O. The largest absolute Gasteiger partial charge is 0.329 e. The third-order valence-electron chi connectivity index (χ3n) is 5.04. The molecule has 1 saturated heterocycles. The summed E-state index contributed by atoms with van der Waals surface area (Å²) in [4.78, 5) is 23.5. The first kappa shape index (κ1) is 15.2. The Morgan fingerprint density at radius 1 is 1.17 bits per heavy atom. The van der Waals surface area contributed by atoms with Crippen molar-refractivity contribution in [3.8, 4) is 0 Å². The van der Waals surface area contributed by atoms with E-state index in [1.54, 1.807) is 12.4 Å². The fourth-order valence-corrected chi connectivity index (χ4v) is 3.86. The number of amides is 1. The molecule has 2 bridgehead atoms. The molecule has 0 N–H and O–H groups in total. The molecule has 2 atom stereocenters. The lowest BCUT2D eigenvalue weighted by Crippen LogP contribution is -2.42. The molecule has 0 aromatic carbocycles. The first-order valence-electron chi connectivity index (χ1n) is 8.58. The van der Waals surface area contributed by atoms with Gasteiger partial charge < -0.3 is 9.47 Å². The molecule has 126 valence electrons. The zero-order valence-electron chi connectivity index (χ0n) is 14.3. The van der Waals surface area contributed by atoms with Crippen LogP contribution in [0.5, 0.6) is 0 Å². The lowest BCUT2D eigenvalue weighted by molar-refractivity contribution is 0.0658. The van der Waals surface area contributed by atoms with Crippen LogP contribution < -0.4 is 0 Å². The predicted octanol–water partition coefficient (Wildman–Crippen LogP) is 1.73. The van der Waals surface area contributed by atoms with E-state index in [-0.39, 0.29) is 18.0 Å². The van der Waals surface area contributed by atoms with Gasteiger partial charge in [0.1, 0.15) is 17.3 Å². The van der Waals surface area contributed by atoms with Crippen LogP contribution >= 0.6 is 0 Å². The van der Waals surface area contributed by atoms with E-state index >= 15 is 0 Å². The van der Waals surface area contributed by atoms with Crippen LogP contribution in [0.1, 0.15) is 60.4 Å². The topological polar surface area (TPSA) is 76.8 Å². The quantitative estimate of drug-likeness (QED) is 0.840. The maximum Gasteiger partial charge on any atom is 0.274 e. The lowest BCUT2D eigenvalue weighted by atomic mass is 10.1. The van der Waals surface area contributed by atoms with Crippen molar-refractivity contribution in [2.75, 3.05) is 0 Å². The van der Waals surface area contributed by atoms with Crippen LogP contribution in [-0.4, -0.2) is 47.6 Å². The van der Waals surface area contributed by atoms with Crippen molar-refractivity contribution in [3.63, 3.8) is 0 Å². The van der Waals surface area contributed by atoms with Gasteiger partial charge in [-0.1, -0.05) is 13.8 Å². The first-order chi connectivity index (χ1) is 11.5. The van der Waals surface area contributed by atoms with E-state index in [0.29, 0.717) is 11.6 Å². The van der Waals surface area contributed by atoms with E-state index < -0.39 is 0 Å². The number of fused-ring (bicyclic) bond motifs is 3. The molecule has 0 radical (unpaired) electrons. The molecule has 7 heteroatoms. The van der Waals surface area contributed by atoms with Crippen LogP contribution in [0.2, 0.25) is 0 Å². The second-order valence-electron chi connectivity index (χ2n) is 7.08. The standard InChI is InChI=1S/C17H22N6O/c1-10(2)16-21-20-15-6-12-4-5-13(9-22(15)16)23(12)17(24)14-8-18-11(3)7-19-14/h7-8,10,12-13H,4-6,9H2,1-3H3/t12-,13+/m0/s1. The first-order valence-corrected chi connectivity index (χ1v) is 8.58. The molecule has 24 heavy (non-hydrogen) atoms. The van der Waals surface area contributed by atoms with E-state index in [1.165, 1.54) is 0 Å². The van der Waals surface area contributed by atoms with Crippen molar-refractivity contribution in [2.45, 2.75) is 64.6 Å². The van der Waals surface area contributed by atoms with Crippen LogP contribution in [-0.2, 0) is 13.0 Å². The molecule has 4 rings (SSSR count). The van der Waals surface area contributed by atoms with E-state index in [4.69, 9.17) is 0 Å². The van der Waals surface area contributed by atoms with Gasteiger partial charge >= 0.3 is 0 Å². The van der Waals surface area contributed by atoms with Gasteiger partial charge in [-0.3, -0.25) is 9.78 Å². The van der Waals surface area contributed by atoms with Crippen molar-refractivity contribution >= 4 is 5.91 Å². The van der Waals surface area contributed by atoms with Crippen LogP contribution in [0.4, 0.5) is 0 Å². The van der Waals surface area contributed by atoms with Crippen LogP contribution in [0.25, 0.3) is 0 Å². The van der Waals surface area contributed by atoms with Gasteiger partial charge in [-0.05, 0) is 19.8 Å². The maximum atomic E-state index is 13.0. The molecule has 1 amide bonds. The summed E-state index contributed by atoms with van der Waals surface area (Å²) in [7, 11) is 0. The van der Waals surface area contributed by atoms with Gasteiger partial charge in [0.15, 0.2) is 0 Å². The maximum absolute atomic E-state index is 13.0. The molecular weight excluding hydrogens is 304 g/mol. The summed E-state index contributed by atoms with van der Waals surface area (Å²) >= 11 is 0. The number of hydrogen-bond donors (Lipinski definition) is 0. The molecule has 1 fully saturated rings. The van der Waals surface area contributed by atoms with E-state index in [0.717, 1.165) is 43.1 Å². The summed E-state index contributed by atoms with van der Waals surface area (Å²) in [6.07, 6.45) is 6.03. The van der Waals surface area contributed by atoms with Crippen molar-refractivity contribution < 1.29 is 4.79 Å². The minimum absolute atomic E-state index is 0.0141. The minimum Gasteiger partial charge on any atom is -0.329 e. The summed E-state index contributed by atoms with van der Waals surface area (Å²) in [5, 5.41) is 8.74. The average Bonchev–Trinajstić information content (AvgIpc) is 3.07. The molecule has 0 unspecified atom stereocenters. The summed E-state index contributed by atoms with van der Waals surface area (Å²) in [6, 6.07) is 0.358. The van der Waals surface area contributed by atoms with E-state index in [2.05, 4.69) is 38.6 Å². The van der Waals surface area contributed by atoms with Gasteiger partial charge in [-0.2, -0.15) is 0 Å². The Balaban J connectivity index is 1.65. The molecule has 0 aliphatic carbocycles. The molecule has 0 saturated carbocycles. The highest BCUT2D eigenvalue weighted by Crippen LogP contribution is 2.33. The smallest absolute Gasteiger partial charge is 0.274 e. The molecule has 2 aliphatic heterocycles. The summed E-state index contributed by atoms with van der Waals surface area (Å²) in [5.74, 6) is 2.33. The van der Waals surface area contributed by atoms with Crippen LogP contribution in [0, 0.1) is 6.92 Å². The SMILES string of the molecule is Cc1cnc(C(=O)N2[C@@H]3CC[C@H]2Cc2nnc(C(C)C)n2C3)cn1. The Hall–Kier alpha value is -2.31. The predicted molar refractivity (Wildman–Crippen MR) is 87.6 cm³/mol. The average molecular weight is 326 g/mol. The highest BCUT2D eigenvalue weighted by atomic mass is 16.2. The molecule has 7 nitrogen and oxygen atoms in total. The number of aryl methyl sites for hydroxylation is 1. The van der Waals surface area contributed by atoms with Gasteiger partial charge in [0.05, 0.1) is 17.9 Å². The number of nitrogens with zero attached hydrogens (tertiary/aromatic N) is 6. The summed E-state index contributed by atoms with van der Waals surface area (Å²) in [6.45, 7) is 6.91. The number of carbonyl (C=O) groups is 1. The number of rotatable bonds is 2. The second kappa shape index (κ2) is 5.65. The van der Waals surface area contributed by atoms with Crippen LogP contribution in [0.15, 0.2) is 12.4 Å². The monoisotopic (exact) mass is 326 g/mol. The van der Waals surface area contributed by atoms with Gasteiger partial charge in [-0.15, -0.1) is 10.2 Å². The Bertz CT molecular complexity index is 766. The van der Waals surface area contributed by atoms with Crippen molar-refractivity contribution in [1.29, 1.82) is 0 Å². The Labute approximate surface area is 141 Å². The molecule has 4 heterocycles. The van der Waals surface area contributed by atoms with Crippen molar-refractivity contribution in [2.24, 2.45) is 0 Å². The van der Waals surface area contributed by atoms with E-state index in [9.17, 15) is 4.79 Å². The van der Waals surface area contributed by atoms with Crippen molar-refractivity contribution in [1.82, 2.24) is 29.6 Å². The third-order valence-corrected chi connectivity index (χ3v) is 5.04.